The molecule has 0 bridgehead atoms. The highest BCUT2D eigenvalue weighted by molar-refractivity contribution is 5.85. The number of nitrogens with zero attached hydrogens (tertiary/aromatic N) is 5. The van der Waals surface area contributed by atoms with E-state index in [-0.39, 0.29) is 17.8 Å². The fourth-order valence-corrected chi connectivity index (χ4v) is 3.26. The molecule has 0 unspecified atom stereocenters. The fourth-order valence-electron chi connectivity index (χ4n) is 3.26. The van der Waals surface area contributed by atoms with Crippen LogP contribution in [0.2, 0.25) is 0 Å². The van der Waals surface area contributed by atoms with Gasteiger partial charge < -0.3 is 15.2 Å². The number of H-pyrrole nitrogens is 1. The molecule has 0 aromatic carbocycles. The van der Waals surface area contributed by atoms with Crippen molar-refractivity contribution in [1.29, 1.82) is 0 Å². The van der Waals surface area contributed by atoms with Crippen LogP contribution >= 0.6 is 0 Å². The zero-order valence-corrected chi connectivity index (χ0v) is 14.9. The van der Waals surface area contributed by atoms with E-state index in [1.165, 1.54) is 23.2 Å². The maximum Gasteiger partial charge on any atom is 0.335 e. The number of piperazine rings is 1. The van der Waals surface area contributed by atoms with Gasteiger partial charge in [-0.25, -0.2) is 19.3 Å². The second-order valence-corrected chi connectivity index (χ2v) is 6.15. The Labute approximate surface area is 154 Å². The van der Waals surface area contributed by atoms with Crippen molar-refractivity contribution in [2.75, 3.05) is 31.1 Å². The highest BCUT2D eigenvalue weighted by Gasteiger charge is 2.23. The van der Waals surface area contributed by atoms with E-state index in [4.69, 9.17) is 0 Å². The zero-order valence-electron chi connectivity index (χ0n) is 14.9. The molecule has 1 aliphatic rings. The minimum atomic E-state index is -0.267. The van der Waals surface area contributed by atoms with E-state index in [0.717, 1.165) is 32.0 Å². The molecule has 4 rings (SSSR count). The molecule has 27 heavy (non-hydrogen) atoms. The Morgan fingerprint density at radius 1 is 1.19 bits per heavy atom. The summed E-state index contributed by atoms with van der Waals surface area (Å²) in [5.41, 5.74) is 1.19. The van der Waals surface area contributed by atoms with Crippen LogP contribution in [0.1, 0.15) is 6.92 Å². The first-order valence-corrected chi connectivity index (χ1v) is 8.71. The predicted molar refractivity (Wildman–Crippen MR) is 102 cm³/mol. The summed E-state index contributed by atoms with van der Waals surface area (Å²) in [5, 5.41) is 3.31. The third-order valence-electron chi connectivity index (χ3n) is 4.54. The van der Waals surface area contributed by atoms with E-state index in [0.29, 0.717) is 16.9 Å². The SMILES string of the molecule is CC#CCn1c(=O)n(-c2ccc(=O)[nH]c2)c2ncnc(N3CCNCC3)c21. The number of anilines is 1. The molecule has 9 nitrogen and oxygen atoms in total. The van der Waals surface area contributed by atoms with Crippen molar-refractivity contribution >= 4 is 17.0 Å². The molecule has 2 N–H and O–H groups in total. The van der Waals surface area contributed by atoms with Crippen molar-refractivity contribution in [3.05, 3.63) is 45.5 Å². The summed E-state index contributed by atoms with van der Waals surface area (Å²) < 4.78 is 3.07. The van der Waals surface area contributed by atoms with Gasteiger partial charge in [0, 0.05) is 38.4 Å². The highest BCUT2D eigenvalue weighted by atomic mass is 16.2. The van der Waals surface area contributed by atoms with Crippen LogP contribution in [-0.2, 0) is 6.54 Å². The number of aromatic amines is 1. The number of fused-ring (bicyclic) bond motifs is 1. The molecule has 0 aliphatic carbocycles. The van der Waals surface area contributed by atoms with Gasteiger partial charge in [-0.2, -0.15) is 0 Å². The van der Waals surface area contributed by atoms with Crippen LogP contribution in [0.25, 0.3) is 16.9 Å². The first kappa shape index (κ1) is 17.1. The number of imidazole rings is 1. The van der Waals surface area contributed by atoms with E-state index >= 15 is 0 Å². The molecule has 3 aromatic heterocycles. The summed E-state index contributed by atoms with van der Waals surface area (Å²) in [7, 11) is 0. The number of hydrogen-bond acceptors (Lipinski definition) is 6. The molecule has 1 aliphatic heterocycles. The van der Waals surface area contributed by atoms with E-state index in [9.17, 15) is 9.59 Å². The maximum atomic E-state index is 13.2. The van der Waals surface area contributed by atoms with Crippen LogP contribution in [0.4, 0.5) is 5.82 Å². The Kier molecular flexibility index (Phi) is 4.48. The van der Waals surface area contributed by atoms with Gasteiger partial charge in [0.1, 0.15) is 11.8 Å². The number of rotatable bonds is 3. The second-order valence-electron chi connectivity index (χ2n) is 6.15. The number of aromatic nitrogens is 5. The van der Waals surface area contributed by atoms with Crippen molar-refractivity contribution in [2.45, 2.75) is 13.5 Å². The molecule has 1 saturated heterocycles. The van der Waals surface area contributed by atoms with Gasteiger partial charge in [0.25, 0.3) is 0 Å². The van der Waals surface area contributed by atoms with Crippen molar-refractivity contribution in [2.24, 2.45) is 0 Å². The lowest BCUT2D eigenvalue weighted by Gasteiger charge is -2.28. The first-order chi connectivity index (χ1) is 13.2. The van der Waals surface area contributed by atoms with Gasteiger partial charge in [-0.1, -0.05) is 5.92 Å². The van der Waals surface area contributed by atoms with Crippen molar-refractivity contribution in [1.82, 2.24) is 29.4 Å². The molecule has 0 saturated carbocycles. The van der Waals surface area contributed by atoms with Gasteiger partial charge in [0.05, 0.1) is 12.2 Å². The third kappa shape index (κ3) is 3.00. The standard InChI is InChI=1S/C18H19N7O2/c1-2-3-8-24-15-16(23-9-6-19-7-10-23)21-12-22-17(15)25(18(24)27)13-4-5-14(26)20-11-13/h4-5,11-12,19H,6-10H2,1H3,(H,20,26). The van der Waals surface area contributed by atoms with E-state index in [2.05, 4.69) is 37.0 Å². The monoisotopic (exact) mass is 365 g/mol. The van der Waals surface area contributed by atoms with Crippen LogP contribution in [0, 0.1) is 11.8 Å². The molecule has 138 valence electrons. The average Bonchev–Trinajstić information content (AvgIpc) is 2.99. The summed E-state index contributed by atoms with van der Waals surface area (Å²) in [6.45, 7) is 5.28. The summed E-state index contributed by atoms with van der Waals surface area (Å²) >= 11 is 0. The minimum absolute atomic E-state index is 0.233. The Bertz CT molecular complexity index is 1140. The molecule has 4 heterocycles. The summed E-state index contributed by atoms with van der Waals surface area (Å²) in [6.07, 6.45) is 2.97. The Balaban J connectivity index is 2.00. The number of hydrogen-bond donors (Lipinski definition) is 2. The quantitative estimate of drug-likeness (QED) is 0.619. The zero-order chi connectivity index (χ0) is 18.8. The largest absolute Gasteiger partial charge is 0.352 e. The highest BCUT2D eigenvalue weighted by Crippen LogP contribution is 2.24. The van der Waals surface area contributed by atoms with Crippen LogP contribution in [0.15, 0.2) is 34.2 Å². The fraction of sp³-hybridized carbons (Fsp3) is 0.333. The van der Waals surface area contributed by atoms with Crippen molar-refractivity contribution in [3.63, 3.8) is 0 Å². The van der Waals surface area contributed by atoms with Crippen LogP contribution in [-0.4, -0.2) is 50.3 Å². The first-order valence-electron chi connectivity index (χ1n) is 8.71. The maximum absolute atomic E-state index is 13.2. The minimum Gasteiger partial charge on any atom is -0.352 e. The van der Waals surface area contributed by atoms with Crippen LogP contribution in [0.5, 0.6) is 0 Å². The Morgan fingerprint density at radius 3 is 2.70 bits per heavy atom. The van der Waals surface area contributed by atoms with E-state index in [1.807, 2.05) is 0 Å². The number of nitrogens with one attached hydrogen (secondary N) is 2. The number of pyridine rings is 1. The molecule has 1 fully saturated rings. The van der Waals surface area contributed by atoms with Gasteiger partial charge in [0.2, 0.25) is 5.56 Å². The second kappa shape index (κ2) is 7.09. The van der Waals surface area contributed by atoms with Gasteiger partial charge in [-0.05, 0) is 13.0 Å². The molecule has 9 heteroatoms. The van der Waals surface area contributed by atoms with Gasteiger partial charge in [0.15, 0.2) is 11.5 Å². The Hall–Kier alpha value is -3.38. The van der Waals surface area contributed by atoms with Crippen molar-refractivity contribution < 1.29 is 0 Å². The molecular weight excluding hydrogens is 346 g/mol. The Morgan fingerprint density at radius 2 is 2.00 bits per heavy atom. The molecule has 3 aromatic rings. The average molecular weight is 365 g/mol. The normalized spacial score (nSPS) is 14.2. The lowest BCUT2D eigenvalue weighted by atomic mass is 10.3. The van der Waals surface area contributed by atoms with Crippen molar-refractivity contribution in [3.8, 4) is 17.5 Å². The predicted octanol–water partition coefficient (Wildman–Crippen LogP) is -0.297. The third-order valence-corrected chi connectivity index (χ3v) is 4.54. The van der Waals surface area contributed by atoms with E-state index in [1.54, 1.807) is 17.6 Å². The molecule has 0 spiro atoms. The van der Waals surface area contributed by atoms with E-state index < -0.39 is 0 Å². The molecule has 0 atom stereocenters. The summed E-state index contributed by atoms with van der Waals surface area (Å²) in [6, 6.07) is 2.98. The lowest BCUT2D eigenvalue weighted by molar-refractivity contribution is 0.585. The van der Waals surface area contributed by atoms with Gasteiger partial charge >= 0.3 is 5.69 Å². The van der Waals surface area contributed by atoms with Gasteiger partial charge in [-0.15, -0.1) is 5.92 Å². The van der Waals surface area contributed by atoms with Crippen LogP contribution < -0.4 is 21.5 Å². The summed E-state index contributed by atoms with van der Waals surface area (Å²) in [5.74, 6) is 6.51. The van der Waals surface area contributed by atoms with Crippen LogP contribution in [0.3, 0.4) is 0 Å². The molecular formula is C18H19N7O2. The molecule has 0 amide bonds. The topological polar surface area (TPSA) is 101 Å². The summed E-state index contributed by atoms with van der Waals surface area (Å²) in [4.78, 5) is 38.2. The smallest absolute Gasteiger partial charge is 0.335 e. The lowest BCUT2D eigenvalue weighted by Crippen LogP contribution is -2.44. The van der Waals surface area contributed by atoms with Gasteiger partial charge in [-0.3, -0.25) is 9.36 Å². The molecule has 0 radical (unpaired) electrons.